The topological polar surface area (TPSA) is 11.6 Å². The molecule has 3 aromatic heterocycles. The molecule has 0 aliphatic carbocycles. The first-order valence-corrected chi connectivity index (χ1v) is 21.2. The van der Waals surface area contributed by atoms with E-state index in [1.807, 2.05) is 20.0 Å². The molecule has 6 aromatic rings. The van der Waals surface area contributed by atoms with Crippen LogP contribution in [-0.4, -0.2) is 0 Å². The summed E-state index contributed by atoms with van der Waals surface area (Å²) in [6.07, 6.45) is 6.74. The smallest absolute Gasteiger partial charge is 0.201 e. The lowest BCUT2D eigenvalue weighted by Crippen LogP contribution is -2.34. The highest BCUT2D eigenvalue weighted by Gasteiger charge is 2.25. The SMILES string of the molecule is Cc1ccc(-c2cc(C)c(C(C)(C)C)c[n+]2C)c(C)c1.Cc1ccccc1-c1cc(C)c(C(C)(C)C)c[n+]1C.[2H]C([2H])([2H])c1ccc(-c2cc(C)c(C(C)(C)C)c[n+]2C)c(C)c1. The van der Waals surface area contributed by atoms with Crippen molar-refractivity contribution in [2.24, 2.45) is 21.1 Å². The molecule has 312 valence electrons. The van der Waals surface area contributed by atoms with Gasteiger partial charge in [-0.3, -0.25) is 0 Å². The van der Waals surface area contributed by atoms with E-state index in [1.54, 1.807) is 12.1 Å². The molecule has 3 aromatic carbocycles. The predicted molar refractivity (Wildman–Crippen MR) is 253 cm³/mol. The third kappa shape index (κ3) is 11.4. The molecule has 6 rings (SSSR count). The third-order valence-corrected chi connectivity index (χ3v) is 11.4. The third-order valence-electron chi connectivity index (χ3n) is 11.4. The molecule has 0 spiro atoms. The molecule has 0 N–H and O–H groups in total. The van der Waals surface area contributed by atoms with Crippen molar-refractivity contribution < 1.29 is 17.8 Å². The van der Waals surface area contributed by atoms with Crippen LogP contribution in [0, 0.1) is 55.3 Å². The quantitative estimate of drug-likeness (QED) is 0.158. The van der Waals surface area contributed by atoms with Crippen molar-refractivity contribution in [3.8, 4) is 33.8 Å². The van der Waals surface area contributed by atoms with Gasteiger partial charge in [0.05, 0.1) is 0 Å². The van der Waals surface area contributed by atoms with Gasteiger partial charge in [0.2, 0.25) is 17.1 Å². The van der Waals surface area contributed by atoms with E-state index in [4.69, 9.17) is 4.11 Å². The second-order valence-electron chi connectivity index (χ2n) is 20.0. The first-order valence-electron chi connectivity index (χ1n) is 22.7. The fourth-order valence-electron chi connectivity index (χ4n) is 8.32. The molecule has 0 bridgehead atoms. The number of pyridine rings is 3. The van der Waals surface area contributed by atoms with E-state index in [2.05, 4.69) is 211 Å². The summed E-state index contributed by atoms with van der Waals surface area (Å²) in [4.78, 5) is 0. The molecule has 0 unspecified atom stereocenters. The van der Waals surface area contributed by atoms with Gasteiger partial charge in [-0.25, -0.2) is 13.7 Å². The van der Waals surface area contributed by atoms with Gasteiger partial charge in [-0.1, -0.05) is 116 Å². The largest absolute Gasteiger partial charge is 0.212 e. The Balaban J connectivity index is 0.000000205. The molecule has 0 fully saturated rings. The van der Waals surface area contributed by atoms with Crippen LogP contribution in [-0.2, 0) is 37.4 Å². The van der Waals surface area contributed by atoms with E-state index < -0.39 is 6.85 Å². The highest BCUT2D eigenvalue weighted by Crippen LogP contribution is 2.31. The molecule has 3 nitrogen and oxygen atoms in total. The Labute approximate surface area is 364 Å². The fraction of sp³-hybridized carbons (Fsp3) is 0.411. The summed E-state index contributed by atoms with van der Waals surface area (Å²) < 4.78 is 29.3. The van der Waals surface area contributed by atoms with Crippen LogP contribution in [0.1, 0.15) is 128 Å². The minimum absolute atomic E-state index is 0.0978. The number of rotatable bonds is 3. The zero-order chi connectivity index (χ0) is 46.9. The molecule has 0 aliphatic heterocycles. The van der Waals surface area contributed by atoms with E-state index >= 15 is 0 Å². The van der Waals surface area contributed by atoms with E-state index in [0.29, 0.717) is 5.56 Å². The second-order valence-corrected chi connectivity index (χ2v) is 20.0. The van der Waals surface area contributed by atoms with Gasteiger partial charge in [0, 0.05) is 55.7 Å². The van der Waals surface area contributed by atoms with Crippen LogP contribution in [0.4, 0.5) is 0 Å². The number of hydrogen-bond acceptors (Lipinski definition) is 0. The first-order chi connectivity index (χ1) is 28.4. The number of aryl methyl sites for hydroxylation is 11. The standard InChI is InChI=1S/2C19H26N.C18H24N/c2*1-13-8-9-16(14(2)10-13)18-11-15(3)17(12-20(18)7)19(4,5)6;1-13-9-7-8-10-15(13)17-11-14(2)16(12-19(17)6)18(3,4)5/h2*8-12H,1-7H3;7-12H,1-6H3/q3*+1/i1D3;;. The van der Waals surface area contributed by atoms with E-state index in [0.717, 1.165) is 16.8 Å². The number of hydrogen-bond donors (Lipinski definition) is 0. The number of benzene rings is 3. The minimum Gasteiger partial charge on any atom is -0.201 e. The predicted octanol–water partition coefficient (Wildman–Crippen LogP) is 12.9. The molecule has 3 heterocycles. The zero-order valence-electron chi connectivity index (χ0n) is 43.1. The van der Waals surface area contributed by atoms with E-state index in [9.17, 15) is 0 Å². The van der Waals surface area contributed by atoms with Gasteiger partial charge < -0.3 is 0 Å². The Kier molecular flexibility index (Phi) is 13.0. The van der Waals surface area contributed by atoms with Crippen molar-refractivity contribution in [2.75, 3.05) is 0 Å². The fourth-order valence-corrected chi connectivity index (χ4v) is 8.32. The first kappa shape index (κ1) is 42.2. The van der Waals surface area contributed by atoms with Crippen molar-refractivity contribution in [3.63, 3.8) is 0 Å². The van der Waals surface area contributed by atoms with Crippen LogP contribution in [0.5, 0.6) is 0 Å². The van der Waals surface area contributed by atoms with Crippen LogP contribution in [0.3, 0.4) is 0 Å². The van der Waals surface area contributed by atoms with Gasteiger partial charge in [-0.15, -0.1) is 0 Å². The summed E-state index contributed by atoms with van der Waals surface area (Å²) in [5.74, 6) is 0. The van der Waals surface area contributed by atoms with Crippen molar-refractivity contribution >= 4 is 0 Å². The summed E-state index contributed by atoms with van der Waals surface area (Å²) in [7, 11) is 6.32. The molecule has 0 atom stereocenters. The van der Waals surface area contributed by atoms with Crippen molar-refractivity contribution in [2.45, 2.75) is 134 Å². The van der Waals surface area contributed by atoms with E-state index in [1.165, 1.54) is 72.6 Å². The maximum Gasteiger partial charge on any atom is 0.212 e. The molecule has 3 heteroatoms. The lowest BCUT2D eigenvalue weighted by atomic mass is 9.84. The van der Waals surface area contributed by atoms with Gasteiger partial charge in [-0.2, -0.15) is 0 Å². The average molecular weight is 794 g/mol. The molecular weight excluding hydrogens is 715 g/mol. The zero-order valence-corrected chi connectivity index (χ0v) is 40.1. The van der Waals surface area contributed by atoms with Crippen molar-refractivity contribution in [3.05, 3.63) is 159 Å². The van der Waals surface area contributed by atoms with Gasteiger partial charge in [0.1, 0.15) is 21.1 Å². The highest BCUT2D eigenvalue weighted by atomic mass is 14.9. The lowest BCUT2D eigenvalue weighted by Gasteiger charge is -2.20. The summed E-state index contributed by atoms with van der Waals surface area (Å²) in [5.41, 5.74) is 21.3. The Morgan fingerprint density at radius 1 is 0.373 bits per heavy atom. The summed E-state index contributed by atoms with van der Waals surface area (Å²) >= 11 is 0. The molecule has 0 radical (unpaired) electrons. The van der Waals surface area contributed by atoms with Crippen LogP contribution in [0.2, 0.25) is 0 Å². The van der Waals surface area contributed by atoms with Gasteiger partial charge in [-0.05, 0) is 123 Å². The van der Waals surface area contributed by atoms with Crippen LogP contribution >= 0.6 is 0 Å². The molecule has 0 aliphatic rings. The van der Waals surface area contributed by atoms with Crippen LogP contribution in [0.15, 0.2) is 97.5 Å². The maximum absolute atomic E-state index is 7.55. The lowest BCUT2D eigenvalue weighted by molar-refractivity contribution is -0.661. The monoisotopic (exact) mass is 794 g/mol. The Morgan fingerprint density at radius 2 is 0.695 bits per heavy atom. The van der Waals surface area contributed by atoms with Crippen molar-refractivity contribution in [1.29, 1.82) is 0 Å². The Morgan fingerprint density at radius 3 is 1.02 bits per heavy atom. The number of nitrogens with zero attached hydrogens (tertiary/aromatic N) is 3. The Hall–Kier alpha value is -4.89. The normalized spacial score (nSPS) is 12.7. The second kappa shape index (κ2) is 18.2. The van der Waals surface area contributed by atoms with E-state index in [-0.39, 0.29) is 16.2 Å². The maximum atomic E-state index is 7.55. The van der Waals surface area contributed by atoms with Crippen LogP contribution in [0.25, 0.3) is 33.8 Å². The van der Waals surface area contributed by atoms with Crippen LogP contribution < -0.4 is 13.7 Å². The van der Waals surface area contributed by atoms with Crippen molar-refractivity contribution in [1.82, 2.24) is 0 Å². The number of aromatic nitrogens is 3. The van der Waals surface area contributed by atoms with Gasteiger partial charge >= 0.3 is 0 Å². The Bertz CT molecular complexity index is 2560. The molecule has 0 saturated heterocycles. The molecular formula is C56H76N3+3. The highest BCUT2D eigenvalue weighted by molar-refractivity contribution is 5.64. The van der Waals surface area contributed by atoms with Gasteiger partial charge in [0.15, 0.2) is 18.6 Å². The van der Waals surface area contributed by atoms with Gasteiger partial charge in [0.25, 0.3) is 0 Å². The molecule has 59 heavy (non-hydrogen) atoms. The molecule has 0 amide bonds. The minimum atomic E-state index is -2.06. The average Bonchev–Trinajstić information content (AvgIpc) is 3.13. The summed E-state index contributed by atoms with van der Waals surface area (Å²) in [6.45, 7) is 33.2. The summed E-state index contributed by atoms with van der Waals surface area (Å²) in [6, 6.07) is 27.5. The summed E-state index contributed by atoms with van der Waals surface area (Å²) in [5, 5.41) is 0. The molecule has 0 saturated carbocycles.